The quantitative estimate of drug-likeness (QED) is 0.780. The van der Waals surface area contributed by atoms with E-state index in [2.05, 4.69) is 11.9 Å². The molecule has 1 saturated heterocycles. The zero-order chi connectivity index (χ0) is 13.7. The monoisotopic (exact) mass is 257 g/mol. The van der Waals surface area contributed by atoms with Crippen LogP contribution in [0, 0.1) is 0 Å². The van der Waals surface area contributed by atoms with Crippen LogP contribution in [-0.2, 0) is 4.79 Å². The van der Waals surface area contributed by atoms with Crippen LogP contribution in [0.4, 0.5) is 4.79 Å². The average molecular weight is 257 g/mol. The van der Waals surface area contributed by atoms with Gasteiger partial charge in [-0.2, -0.15) is 0 Å². The number of aliphatic carboxylic acids is 1. The second-order valence-corrected chi connectivity index (χ2v) is 5.01. The predicted molar refractivity (Wildman–Crippen MR) is 68.6 cm³/mol. The predicted octanol–water partition coefficient (Wildman–Crippen LogP) is 0.539. The summed E-state index contributed by atoms with van der Waals surface area (Å²) in [5, 5.41) is 8.59. The molecule has 1 N–H and O–H groups in total. The van der Waals surface area contributed by atoms with E-state index in [9.17, 15) is 9.59 Å². The summed E-state index contributed by atoms with van der Waals surface area (Å²) in [4.78, 5) is 27.9. The Bertz CT molecular complexity index is 309. The molecule has 1 aliphatic rings. The van der Waals surface area contributed by atoms with Gasteiger partial charge in [-0.25, -0.2) is 4.79 Å². The van der Waals surface area contributed by atoms with Crippen LogP contribution >= 0.6 is 0 Å². The van der Waals surface area contributed by atoms with Crippen LogP contribution in [0.25, 0.3) is 0 Å². The molecule has 1 rings (SSSR count). The highest BCUT2D eigenvalue weighted by Crippen LogP contribution is 2.15. The number of likely N-dealkylation sites (N-methyl/N-ethyl adjacent to an activating group) is 2. The standard InChI is InChI=1S/C12H23N3O3/c1-13-7-4-5-10(13)9-15(3)12(18)14(2)8-6-11(16)17/h10H,4-9H2,1-3H3,(H,16,17). The summed E-state index contributed by atoms with van der Waals surface area (Å²) in [6.07, 6.45) is 2.28. The van der Waals surface area contributed by atoms with E-state index in [1.807, 2.05) is 0 Å². The average Bonchev–Trinajstić information content (AvgIpc) is 2.70. The van der Waals surface area contributed by atoms with Crippen molar-refractivity contribution in [3.63, 3.8) is 0 Å². The molecule has 0 aliphatic carbocycles. The zero-order valence-corrected chi connectivity index (χ0v) is 11.4. The Morgan fingerprint density at radius 3 is 2.50 bits per heavy atom. The molecule has 0 bridgehead atoms. The molecule has 1 heterocycles. The van der Waals surface area contributed by atoms with Gasteiger partial charge >= 0.3 is 12.0 Å². The highest BCUT2D eigenvalue weighted by Gasteiger charge is 2.25. The fourth-order valence-corrected chi connectivity index (χ4v) is 2.25. The second kappa shape index (κ2) is 6.58. The largest absolute Gasteiger partial charge is 0.481 e. The fourth-order valence-electron chi connectivity index (χ4n) is 2.25. The number of hydrogen-bond acceptors (Lipinski definition) is 3. The third kappa shape index (κ3) is 4.18. The number of amides is 2. The normalized spacial score (nSPS) is 19.8. The van der Waals surface area contributed by atoms with E-state index >= 15 is 0 Å². The van der Waals surface area contributed by atoms with Gasteiger partial charge < -0.3 is 19.8 Å². The minimum absolute atomic E-state index is 0.0145. The number of likely N-dealkylation sites (tertiary alicyclic amines) is 1. The minimum atomic E-state index is -0.882. The molecule has 0 radical (unpaired) electrons. The Labute approximate surface area is 108 Å². The summed E-state index contributed by atoms with van der Waals surface area (Å²) >= 11 is 0. The molecule has 0 aromatic rings. The highest BCUT2D eigenvalue weighted by molar-refractivity contribution is 5.75. The first-order chi connectivity index (χ1) is 8.41. The molecule has 6 heteroatoms. The molecule has 1 fully saturated rings. The number of hydrogen-bond donors (Lipinski definition) is 1. The van der Waals surface area contributed by atoms with E-state index in [-0.39, 0.29) is 19.0 Å². The van der Waals surface area contributed by atoms with Crippen LogP contribution in [0.3, 0.4) is 0 Å². The van der Waals surface area contributed by atoms with Crippen molar-refractivity contribution in [1.82, 2.24) is 14.7 Å². The first kappa shape index (κ1) is 14.8. The van der Waals surface area contributed by atoms with E-state index in [0.29, 0.717) is 12.6 Å². The summed E-state index contributed by atoms with van der Waals surface area (Å²) in [5.74, 6) is -0.882. The lowest BCUT2D eigenvalue weighted by molar-refractivity contribution is -0.137. The van der Waals surface area contributed by atoms with Crippen molar-refractivity contribution in [3.05, 3.63) is 0 Å². The van der Waals surface area contributed by atoms with Gasteiger partial charge in [0.05, 0.1) is 6.42 Å². The lowest BCUT2D eigenvalue weighted by atomic mass is 10.2. The molecule has 1 aliphatic heterocycles. The van der Waals surface area contributed by atoms with Crippen LogP contribution in [0.2, 0.25) is 0 Å². The number of carboxylic acid groups (broad SMARTS) is 1. The van der Waals surface area contributed by atoms with Crippen LogP contribution in [0.15, 0.2) is 0 Å². The summed E-state index contributed by atoms with van der Waals surface area (Å²) in [5.41, 5.74) is 0. The third-order valence-electron chi connectivity index (χ3n) is 3.47. The first-order valence-electron chi connectivity index (χ1n) is 6.30. The Morgan fingerprint density at radius 1 is 1.33 bits per heavy atom. The molecular formula is C12H23N3O3. The van der Waals surface area contributed by atoms with E-state index in [4.69, 9.17) is 5.11 Å². The molecule has 0 saturated carbocycles. The summed E-state index contributed by atoms with van der Waals surface area (Å²) in [6, 6.07) is 0.309. The van der Waals surface area contributed by atoms with Gasteiger partial charge in [-0.1, -0.05) is 0 Å². The number of urea groups is 1. The van der Waals surface area contributed by atoms with Crippen molar-refractivity contribution in [2.24, 2.45) is 0 Å². The van der Waals surface area contributed by atoms with Gasteiger partial charge in [-0.05, 0) is 26.4 Å². The second-order valence-electron chi connectivity index (χ2n) is 5.01. The SMILES string of the molecule is CN(CCC(=O)O)C(=O)N(C)CC1CCCN1C. The van der Waals surface area contributed by atoms with Gasteiger partial charge in [-0.15, -0.1) is 0 Å². The molecular weight excluding hydrogens is 234 g/mol. The highest BCUT2D eigenvalue weighted by atomic mass is 16.4. The van der Waals surface area contributed by atoms with Crippen molar-refractivity contribution in [2.45, 2.75) is 25.3 Å². The molecule has 6 nitrogen and oxygen atoms in total. The molecule has 2 amide bonds. The maximum absolute atomic E-state index is 12.0. The number of carbonyl (C=O) groups is 2. The van der Waals surface area contributed by atoms with E-state index in [1.54, 1.807) is 19.0 Å². The first-order valence-corrected chi connectivity index (χ1v) is 6.30. The van der Waals surface area contributed by atoms with Gasteiger partial charge in [-0.3, -0.25) is 4.79 Å². The van der Waals surface area contributed by atoms with Crippen molar-refractivity contribution >= 4 is 12.0 Å². The Hall–Kier alpha value is -1.30. The van der Waals surface area contributed by atoms with Gasteiger partial charge in [0.1, 0.15) is 0 Å². The summed E-state index contributed by atoms with van der Waals surface area (Å²) in [6.45, 7) is 2.04. The molecule has 1 atom stereocenters. The van der Waals surface area contributed by atoms with Crippen LogP contribution in [-0.4, -0.2) is 78.6 Å². The Balaban J connectivity index is 2.37. The van der Waals surface area contributed by atoms with E-state index in [1.165, 1.54) is 11.3 Å². The maximum atomic E-state index is 12.0. The van der Waals surface area contributed by atoms with Crippen LogP contribution in [0.5, 0.6) is 0 Å². The van der Waals surface area contributed by atoms with Crippen molar-refractivity contribution in [3.8, 4) is 0 Å². The molecule has 0 aromatic carbocycles. The topological polar surface area (TPSA) is 64.1 Å². The molecule has 0 aromatic heterocycles. The summed E-state index contributed by atoms with van der Waals surface area (Å²) < 4.78 is 0. The maximum Gasteiger partial charge on any atom is 0.319 e. The lowest BCUT2D eigenvalue weighted by Crippen LogP contribution is -2.45. The van der Waals surface area contributed by atoms with Gasteiger partial charge in [0.25, 0.3) is 0 Å². The Kier molecular flexibility index (Phi) is 5.40. The lowest BCUT2D eigenvalue weighted by Gasteiger charge is -2.29. The molecule has 0 spiro atoms. The van der Waals surface area contributed by atoms with Gasteiger partial charge in [0.15, 0.2) is 0 Å². The molecule has 1 unspecified atom stereocenters. The molecule has 104 valence electrons. The minimum Gasteiger partial charge on any atom is -0.481 e. The number of carboxylic acids is 1. The van der Waals surface area contributed by atoms with E-state index in [0.717, 1.165) is 13.0 Å². The van der Waals surface area contributed by atoms with Crippen molar-refractivity contribution in [2.75, 3.05) is 40.8 Å². The van der Waals surface area contributed by atoms with E-state index < -0.39 is 5.97 Å². The summed E-state index contributed by atoms with van der Waals surface area (Å²) in [7, 11) is 5.48. The third-order valence-corrected chi connectivity index (χ3v) is 3.47. The van der Waals surface area contributed by atoms with Crippen LogP contribution < -0.4 is 0 Å². The van der Waals surface area contributed by atoms with Crippen LogP contribution in [0.1, 0.15) is 19.3 Å². The smallest absolute Gasteiger partial charge is 0.319 e. The zero-order valence-electron chi connectivity index (χ0n) is 11.4. The van der Waals surface area contributed by atoms with Crippen molar-refractivity contribution < 1.29 is 14.7 Å². The number of rotatable bonds is 5. The van der Waals surface area contributed by atoms with Gasteiger partial charge in [0, 0.05) is 33.2 Å². The Morgan fingerprint density at radius 2 is 2.00 bits per heavy atom. The number of carbonyl (C=O) groups excluding carboxylic acids is 1. The van der Waals surface area contributed by atoms with Crippen molar-refractivity contribution in [1.29, 1.82) is 0 Å². The van der Waals surface area contributed by atoms with Gasteiger partial charge in [0.2, 0.25) is 0 Å². The number of nitrogens with zero attached hydrogens (tertiary/aromatic N) is 3. The molecule has 18 heavy (non-hydrogen) atoms. The fraction of sp³-hybridized carbons (Fsp3) is 0.833.